The Balaban J connectivity index is 2.02. The molecule has 0 radical (unpaired) electrons. The molecule has 3 heteroatoms. The fourth-order valence-corrected chi connectivity index (χ4v) is 2.28. The highest BCUT2D eigenvalue weighted by molar-refractivity contribution is 5.80. The predicted molar refractivity (Wildman–Crippen MR) is 41.9 cm³/mol. The van der Waals surface area contributed by atoms with E-state index >= 15 is 0 Å². The monoisotopic (exact) mass is 154 g/mol. The van der Waals surface area contributed by atoms with Crippen LogP contribution in [0.25, 0.3) is 0 Å². The van der Waals surface area contributed by atoms with Gasteiger partial charge in [-0.2, -0.15) is 0 Å². The quantitative estimate of drug-likeness (QED) is 0.588. The Hall–Kier alpha value is -0.570. The van der Waals surface area contributed by atoms with Crippen LogP contribution in [-0.2, 0) is 4.79 Å². The van der Waals surface area contributed by atoms with Crippen LogP contribution in [0, 0.1) is 5.92 Å². The van der Waals surface area contributed by atoms with E-state index in [4.69, 9.17) is 5.73 Å². The maximum Gasteiger partial charge on any atom is 0.234 e. The molecule has 3 unspecified atom stereocenters. The number of nitrogens with two attached hydrogens (primary N) is 1. The van der Waals surface area contributed by atoms with Gasteiger partial charge >= 0.3 is 0 Å². The van der Waals surface area contributed by atoms with Crippen LogP contribution in [0.3, 0.4) is 0 Å². The second-order valence-electron chi connectivity index (χ2n) is 3.75. The molecule has 2 fully saturated rings. The van der Waals surface area contributed by atoms with Crippen molar-refractivity contribution in [1.29, 1.82) is 0 Å². The van der Waals surface area contributed by atoms with Crippen LogP contribution in [0.5, 0.6) is 0 Å². The first-order valence-electron chi connectivity index (χ1n) is 4.25. The molecule has 3 nitrogen and oxygen atoms in total. The molecule has 0 aromatic rings. The molecule has 1 saturated heterocycles. The van der Waals surface area contributed by atoms with Crippen molar-refractivity contribution in [3.8, 4) is 0 Å². The third kappa shape index (κ3) is 0.872. The summed E-state index contributed by atoms with van der Waals surface area (Å²) in [6, 6.07) is -0.0475. The summed E-state index contributed by atoms with van der Waals surface area (Å²) >= 11 is 0. The maximum atomic E-state index is 10.8. The Morgan fingerprint density at radius 1 is 1.82 bits per heavy atom. The molecule has 0 spiro atoms. The number of hydrogen-bond donors (Lipinski definition) is 2. The zero-order valence-electron chi connectivity index (χ0n) is 6.76. The van der Waals surface area contributed by atoms with Crippen LogP contribution >= 0.6 is 0 Å². The highest BCUT2D eigenvalue weighted by Crippen LogP contribution is 2.53. The smallest absolute Gasteiger partial charge is 0.234 e. The van der Waals surface area contributed by atoms with Crippen LogP contribution in [0.2, 0.25) is 0 Å². The van der Waals surface area contributed by atoms with Gasteiger partial charge in [0.15, 0.2) is 0 Å². The van der Waals surface area contributed by atoms with Gasteiger partial charge in [-0.15, -0.1) is 0 Å². The van der Waals surface area contributed by atoms with Crippen LogP contribution in [0.15, 0.2) is 0 Å². The van der Waals surface area contributed by atoms with Gasteiger partial charge in [-0.05, 0) is 25.2 Å². The minimum Gasteiger partial charge on any atom is -0.368 e. The second-order valence-corrected chi connectivity index (χ2v) is 3.75. The SMILES string of the molecule is CCC12CC1CC(C(N)=O)N2. The first-order valence-corrected chi connectivity index (χ1v) is 4.25. The molecule has 1 aliphatic heterocycles. The fraction of sp³-hybridized carbons (Fsp3) is 0.875. The number of hydrogen-bond acceptors (Lipinski definition) is 2. The molecule has 0 bridgehead atoms. The van der Waals surface area contributed by atoms with Gasteiger partial charge in [0.2, 0.25) is 5.91 Å². The Kier molecular flexibility index (Phi) is 1.27. The summed E-state index contributed by atoms with van der Waals surface area (Å²) in [4.78, 5) is 10.8. The van der Waals surface area contributed by atoms with Gasteiger partial charge in [-0.25, -0.2) is 0 Å². The van der Waals surface area contributed by atoms with Gasteiger partial charge in [0.1, 0.15) is 0 Å². The lowest BCUT2D eigenvalue weighted by Gasteiger charge is -2.14. The van der Waals surface area contributed by atoms with Crippen molar-refractivity contribution < 1.29 is 4.79 Å². The third-order valence-corrected chi connectivity index (χ3v) is 3.19. The molecule has 1 aliphatic carbocycles. The summed E-state index contributed by atoms with van der Waals surface area (Å²) in [6.07, 6.45) is 3.33. The standard InChI is InChI=1S/C8H14N2O/c1-2-8-4-5(8)3-6(10-8)7(9)11/h5-6,10H,2-4H2,1H3,(H2,9,11). The number of amides is 1. The molecule has 0 aromatic carbocycles. The van der Waals surface area contributed by atoms with Crippen LogP contribution < -0.4 is 11.1 Å². The average Bonchev–Trinajstić information content (AvgIpc) is 2.55. The number of piperidine rings is 1. The molecule has 1 saturated carbocycles. The molecule has 2 aliphatic rings. The molecule has 2 rings (SSSR count). The number of carbonyl (C=O) groups excluding carboxylic acids is 1. The Labute approximate surface area is 66.3 Å². The lowest BCUT2D eigenvalue weighted by Crippen LogP contribution is -2.43. The van der Waals surface area contributed by atoms with Crippen molar-refractivity contribution in [2.45, 2.75) is 37.8 Å². The molecule has 3 atom stereocenters. The minimum atomic E-state index is -0.190. The van der Waals surface area contributed by atoms with Gasteiger partial charge in [0, 0.05) is 5.54 Å². The third-order valence-electron chi connectivity index (χ3n) is 3.19. The molecular weight excluding hydrogens is 140 g/mol. The summed E-state index contributed by atoms with van der Waals surface area (Å²) < 4.78 is 0. The molecule has 3 N–H and O–H groups in total. The first-order chi connectivity index (χ1) is 5.18. The summed E-state index contributed by atoms with van der Waals surface area (Å²) in [5.74, 6) is 0.537. The highest BCUT2D eigenvalue weighted by Gasteiger charge is 2.59. The number of nitrogens with one attached hydrogen (secondary N) is 1. The predicted octanol–water partition coefficient (Wildman–Crippen LogP) is 0.00230. The van der Waals surface area contributed by atoms with E-state index in [-0.39, 0.29) is 11.9 Å². The molecule has 0 aromatic heterocycles. The van der Waals surface area contributed by atoms with Gasteiger partial charge in [-0.3, -0.25) is 10.1 Å². The minimum absolute atomic E-state index is 0.0475. The van der Waals surface area contributed by atoms with Gasteiger partial charge < -0.3 is 5.73 Å². The molecule has 11 heavy (non-hydrogen) atoms. The molecule has 1 heterocycles. The average molecular weight is 154 g/mol. The summed E-state index contributed by atoms with van der Waals surface area (Å²) in [5.41, 5.74) is 5.50. The molecular formula is C8H14N2O. The van der Waals surface area contributed by atoms with E-state index in [2.05, 4.69) is 12.2 Å². The second kappa shape index (κ2) is 1.97. The zero-order chi connectivity index (χ0) is 8.06. The lowest BCUT2D eigenvalue weighted by molar-refractivity contribution is -0.120. The van der Waals surface area contributed by atoms with Crippen LogP contribution in [0.4, 0.5) is 0 Å². The van der Waals surface area contributed by atoms with Gasteiger partial charge in [0.25, 0.3) is 0 Å². The van der Waals surface area contributed by atoms with Crippen molar-refractivity contribution >= 4 is 5.91 Å². The zero-order valence-corrected chi connectivity index (χ0v) is 6.76. The maximum absolute atomic E-state index is 10.8. The Bertz CT molecular complexity index is 200. The highest BCUT2D eigenvalue weighted by atomic mass is 16.1. The van der Waals surface area contributed by atoms with Gasteiger partial charge in [0.05, 0.1) is 6.04 Å². The van der Waals surface area contributed by atoms with Crippen molar-refractivity contribution in [2.24, 2.45) is 11.7 Å². The van der Waals surface area contributed by atoms with Crippen molar-refractivity contribution in [2.75, 3.05) is 0 Å². The number of rotatable bonds is 2. The number of fused-ring (bicyclic) bond motifs is 1. The topological polar surface area (TPSA) is 55.1 Å². The van der Waals surface area contributed by atoms with E-state index < -0.39 is 0 Å². The summed E-state index contributed by atoms with van der Waals surface area (Å²) in [6.45, 7) is 2.16. The number of carbonyl (C=O) groups is 1. The van der Waals surface area contributed by atoms with E-state index in [1.54, 1.807) is 0 Å². The number of primary amides is 1. The van der Waals surface area contributed by atoms with E-state index in [1.807, 2.05) is 0 Å². The van der Waals surface area contributed by atoms with Crippen molar-refractivity contribution in [3.05, 3.63) is 0 Å². The summed E-state index contributed by atoms with van der Waals surface area (Å²) in [7, 11) is 0. The lowest BCUT2D eigenvalue weighted by atomic mass is 10.1. The Morgan fingerprint density at radius 3 is 2.91 bits per heavy atom. The normalized spacial score (nSPS) is 47.0. The van der Waals surface area contributed by atoms with Gasteiger partial charge in [-0.1, -0.05) is 6.92 Å². The van der Waals surface area contributed by atoms with E-state index in [0.717, 1.165) is 18.8 Å². The molecule has 1 amide bonds. The largest absolute Gasteiger partial charge is 0.368 e. The van der Waals surface area contributed by atoms with E-state index in [0.29, 0.717) is 5.54 Å². The Morgan fingerprint density at radius 2 is 2.55 bits per heavy atom. The van der Waals surface area contributed by atoms with Crippen molar-refractivity contribution in [1.82, 2.24) is 5.32 Å². The van der Waals surface area contributed by atoms with Crippen molar-refractivity contribution in [3.63, 3.8) is 0 Å². The van der Waals surface area contributed by atoms with E-state index in [9.17, 15) is 4.79 Å². The van der Waals surface area contributed by atoms with Crippen LogP contribution in [0.1, 0.15) is 26.2 Å². The fourth-order valence-electron chi connectivity index (χ4n) is 2.28. The molecule has 62 valence electrons. The van der Waals surface area contributed by atoms with E-state index in [1.165, 1.54) is 6.42 Å². The van der Waals surface area contributed by atoms with Crippen LogP contribution in [-0.4, -0.2) is 17.5 Å². The first kappa shape index (κ1) is 7.10. The summed E-state index contributed by atoms with van der Waals surface area (Å²) in [5, 5.41) is 3.32.